The van der Waals surface area contributed by atoms with Crippen molar-refractivity contribution in [1.82, 2.24) is 14.5 Å². The fourth-order valence-electron chi connectivity index (χ4n) is 3.58. The van der Waals surface area contributed by atoms with E-state index < -0.39 is 0 Å². The topological polar surface area (TPSA) is 57.0 Å². The van der Waals surface area contributed by atoms with Crippen LogP contribution in [0.5, 0.6) is 0 Å². The monoisotopic (exact) mass is 487 g/mol. The van der Waals surface area contributed by atoms with Gasteiger partial charge in [-0.15, -0.1) is 11.3 Å². The summed E-state index contributed by atoms with van der Waals surface area (Å²) in [7, 11) is 0. The molecule has 0 amide bonds. The number of ether oxygens (including phenoxy) is 1. The van der Waals surface area contributed by atoms with E-state index in [1.54, 1.807) is 22.5 Å². The van der Waals surface area contributed by atoms with Crippen molar-refractivity contribution in [3.05, 3.63) is 63.0 Å². The highest BCUT2D eigenvalue weighted by atomic mass is 79.9. The first kappa shape index (κ1) is 19.2. The molecule has 0 unspecified atom stereocenters. The predicted molar refractivity (Wildman–Crippen MR) is 122 cm³/mol. The van der Waals surface area contributed by atoms with Gasteiger partial charge in [-0.1, -0.05) is 39.8 Å². The van der Waals surface area contributed by atoms with Gasteiger partial charge in [-0.3, -0.25) is 9.36 Å². The first-order valence-corrected chi connectivity index (χ1v) is 12.1. The third kappa shape index (κ3) is 3.86. The zero-order chi connectivity index (χ0) is 19.8. The van der Waals surface area contributed by atoms with E-state index in [4.69, 9.17) is 9.72 Å². The Kier molecular flexibility index (Phi) is 5.43. The van der Waals surface area contributed by atoms with Crippen LogP contribution in [0.3, 0.4) is 0 Å². The molecule has 0 N–H and O–H groups in total. The molecule has 0 saturated carbocycles. The molecule has 0 aliphatic carbocycles. The van der Waals surface area contributed by atoms with Crippen LogP contribution in [0.2, 0.25) is 0 Å². The van der Waals surface area contributed by atoms with Gasteiger partial charge in [0.05, 0.1) is 18.2 Å². The van der Waals surface area contributed by atoms with Gasteiger partial charge >= 0.3 is 0 Å². The van der Waals surface area contributed by atoms with Gasteiger partial charge in [0.25, 0.3) is 5.56 Å². The first-order valence-electron chi connectivity index (χ1n) is 9.46. The fourth-order valence-corrected chi connectivity index (χ4v) is 6.00. The molecule has 0 radical (unpaired) electrons. The molecule has 29 heavy (non-hydrogen) atoms. The number of thioether (sulfide) groups is 1. The van der Waals surface area contributed by atoms with E-state index in [0.717, 1.165) is 50.6 Å². The third-order valence-electron chi connectivity index (χ3n) is 4.98. The molecule has 5 nitrogen and oxygen atoms in total. The minimum atomic E-state index is 0.00485. The van der Waals surface area contributed by atoms with Gasteiger partial charge in [-0.25, -0.2) is 9.97 Å². The molecule has 1 aliphatic rings. The Hall–Kier alpha value is -1.74. The van der Waals surface area contributed by atoms with Crippen LogP contribution in [0.1, 0.15) is 18.4 Å². The molecule has 1 fully saturated rings. The van der Waals surface area contributed by atoms with Gasteiger partial charge in [0.1, 0.15) is 9.53 Å². The van der Waals surface area contributed by atoms with E-state index in [2.05, 4.69) is 33.0 Å². The molecule has 3 aromatic heterocycles. The maximum Gasteiger partial charge on any atom is 0.272 e. The second-order valence-corrected chi connectivity index (χ2v) is 9.86. The molecule has 1 saturated heterocycles. The van der Waals surface area contributed by atoms with Crippen molar-refractivity contribution in [2.75, 3.05) is 6.61 Å². The highest BCUT2D eigenvalue weighted by Crippen LogP contribution is 2.32. The van der Waals surface area contributed by atoms with E-state index in [1.165, 1.54) is 16.9 Å². The lowest BCUT2D eigenvalue weighted by atomic mass is 10.2. The number of halogens is 1. The number of thiophene rings is 1. The number of fused-ring (bicyclic) bond motifs is 3. The Morgan fingerprint density at radius 1 is 1.31 bits per heavy atom. The van der Waals surface area contributed by atoms with Crippen molar-refractivity contribution >= 4 is 59.5 Å². The number of benzene rings is 1. The largest absolute Gasteiger partial charge is 0.376 e. The normalized spacial score (nSPS) is 16.8. The zero-order valence-corrected chi connectivity index (χ0v) is 18.7. The summed E-state index contributed by atoms with van der Waals surface area (Å²) >= 11 is 6.54. The van der Waals surface area contributed by atoms with Crippen LogP contribution in [0.4, 0.5) is 0 Å². The van der Waals surface area contributed by atoms with Crippen LogP contribution >= 0.6 is 39.0 Å². The van der Waals surface area contributed by atoms with Crippen LogP contribution in [0, 0.1) is 0 Å². The number of pyridine rings is 1. The van der Waals surface area contributed by atoms with Crippen LogP contribution in [-0.4, -0.2) is 27.2 Å². The van der Waals surface area contributed by atoms with E-state index in [-0.39, 0.29) is 11.7 Å². The Morgan fingerprint density at radius 2 is 2.24 bits per heavy atom. The van der Waals surface area contributed by atoms with E-state index in [1.807, 2.05) is 24.3 Å². The number of hydrogen-bond donors (Lipinski definition) is 0. The van der Waals surface area contributed by atoms with Crippen LogP contribution in [-0.2, 0) is 17.0 Å². The summed E-state index contributed by atoms with van der Waals surface area (Å²) < 4.78 is 9.32. The van der Waals surface area contributed by atoms with Gasteiger partial charge in [0.2, 0.25) is 0 Å². The SMILES string of the molecule is O=c1c2sc3ncccc3c2nc(SCc2cccc(Br)c2)n1C[C@@H]1CCCO1. The lowest BCUT2D eigenvalue weighted by Crippen LogP contribution is -2.28. The summed E-state index contributed by atoms with van der Waals surface area (Å²) in [5.41, 5.74) is 1.94. The molecule has 148 valence electrons. The number of hydrogen-bond acceptors (Lipinski definition) is 6. The smallest absolute Gasteiger partial charge is 0.272 e. The van der Waals surface area contributed by atoms with Crippen molar-refractivity contribution < 1.29 is 4.74 Å². The summed E-state index contributed by atoms with van der Waals surface area (Å²) in [5, 5.41) is 1.68. The van der Waals surface area contributed by atoms with Gasteiger partial charge in [0, 0.05) is 28.4 Å². The van der Waals surface area contributed by atoms with Crippen molar-refractivity contribution in [2.24, 2.45) is 0 Å². The molecule has 1 aromatic carbocycles. The Balaban J connectivity index is 1.60. The average molecular weight is 488 g/mol. The standard InChI is InChI=1S/C21H18BrN3O2S2/c22-14-5-1-4-13(10-14)12-28-21-24-17-16-7-2-8-23-19(16)29-18(17)20(26)25(21)11-15-6-3-9-27-15/h1-2,4-5,7-8,10,15H,3,6,9,11-12H2/t15-/m0/s1. The van der Waals surface area contributed by atoms with Crippen LogP contribution in [0.15, 0.2) is 57.0 Å². The quantitative estimate of drug-likeness (QED) is 0.284. The van der Waals surface area contributed by atoms with Crippen LogP contribution < -0.4 is 5.56 Å². The predicted octanol–water partition coefficient (Wildman–Crippen LogP) is 5.24. The molecular weight excluding hydrogens is 470 g/mol. The molecule has 1 atom stereocenters. The average Bonchev–Trinajstić information content (AvgIpc) is 3.37. The fraction of sp³-hybridized carbons (Fsp3) is 0.286. The maximum absolute atomic E-state index is 13.4. The minimum absolute atomic E-state index is 0.00485. The maximum atomic E-state index is 13.4. The van der Waals surface area contributed by atoms with Crippen molar-refractivity contribution in [3.8, 4) is 0 Å². The highest BCUT2D eigenvalue weighted by Gasteiger charge is 2.22. The van der Waals surface area contributed by atoms with Gasteiger partial charge in [-0.2, -0.15) is 0 Å². The lowest BCUT2D eigenvalue weighted by Gasteiger charge is -2.15. The molecule has 1 aliphatic heterocycles. The summed E-state index contributed by atoms with van der Waals surface area (Å²) in [6.45, 7) is 1.31. The van der Waals surface area contributed by atoms with E-state index in [0.29, 0.717) is 11.2 Å². The molecule has 0 spiro atoms. The molecule has 0 bridgehead atoms. The third-order valence-corrected chi connectivity index (χ3v) is 7.62. The summed E-state index contributed by atoms with van der Waals surface area (Å²) in [6.07, 6.45) is 3.85. The number of rotatable bonds is 5. The Morgan fingerprint density at radius 3 is 3.07 bits per heavy atom. The number of nitrogens with zero attached hydrogens (tertiary/aromatic N) is 3. The van der Waals surface area contributed by atoms with Crippen LogP contribution in [0.25, 0.3) is 20.4 Å². The second-order valence-electron chi connectivity index (χ2n) is 7.00. The van der Waals surface area contributed by atoms with Gasteiger partial charge < -0.3 is 4.74 Å². The summed E-state index contributed by atoms with van der Waals surface area (Å²) in [6, 6.07) is 12.1. The summed E-state index contributed by atoms with van der Waals surface area (Å²) in [4.78, 5) is 23.6. The first-order chi connectivity index (χ1) is 14.2. The Labute approximate surface area is 184 Å². The molecule has 4 heterocycles. The molecule has 5 rings (SSSR count). The molecule has 4 aromatic rings. The molecular formula is C21H18BrN3O2S2. The van der Waals surface area contributed by atoms with E-state index >= 15 is 0 Å². The van der Waals surface area contributed by atoms with E-state index in [9.17, 15) is 4.79 Å². The van der Waals surface area contributed by atoms with Crippen molar-refractivity contribution in [2.45, 2.75) is 36.4 Å². The van der Waals surface area contributed by atoms with Gasteiger partial charge in [0.15, 0.2) is 5.16 Å². The van der Waals surface area contributed by atoms with Crippen molar-refractivity contribution in [1.29, 1.82) is 0 Å². The summed E-state index contributed by atoms with van der Waals surface area (Å²) in [5.74, 6) is 0.739. The number of aromatic nitrogens is 3. The van der Waals surface area contributed by atoms with Gasteiger partial charge in [-0.05, 0) is 42.7 Å². The lowest BCUT2D eigenvalue weighted by molar-refractivity contribution is 0.0938. The second kappa shape index (κ2) is 8.18. The Bertz CT molecular complexity index is 1250. The highest BCUT2D eigenvalue weighted by molar-refractivity contribution is 9.10. The zero-order valence-electron chi connectivity index (χ0n) is 15.5. The van der Waals surface area contributed by atoms with Crippen molar-refractivity contribution in [3.63, 3.8) is 0 Å². The molecule has 8 heteroatoms. The minimum Gasteiger partial charge on any atom is -0.376 e.